The molecular formula is C13H11ClN4O. The number of anilines is 2. The van der Waals surface area contributed by atoms with E-state index in [1.165, 1.54) is 6.33 Å². The summed E-state index contributed by atoms with van der Waals surface area (Å²) in [6.07, 6.45) is 1.74. The second kappa shape index (κ2) is 4.85. The molecule has 0 saturated heterocycles. The molecule has 0 fully saturated rings. The lowest BCUT2D eigenvalue weighted by molar-refractivity contribution is -0.108. The van der Waals surface area contributed by atoms with Crippen LogP contribution in [0.3, 0.4) is 0 Å². The molecule has 3 rings (SSSR count). The molecule has 1 aliphatic rings. The van der Waals surface area contributed by atoms with Crippen molar-refractivity contribution in [1.82, 2.24) is 9.97 Å². The first kappa shape index (κ1) is 11.9. The highest BCUT2D eigenvalue weighted by Gasteiger charge is 2.32. The minimum absolute atomic E-state index is 0.345. The topological polar surface area (TPSA) is 58.1 Å². The Kier molecular flexibility index (Phi) is 3.05. The van der Waals surface area contributed by atoms with Crippen molar-refractivity contribution in [3.05, 3.63) is 47.4 Å². The van der Waals surface area contributed by atoms with E-state index in [0.29, 0.717) is 23.2 Å². The van der Waals surface area contributed by atoms with Gasteiger partial charge in [-0.2, -0.15) is 0 Å². The zero-order chi connectivity index (χ0) is 13.2. The normalized spacial score (nSPS) is 16.9. The molecule has 0 bridgehead atoms. The molecule has 0 aliphatic carbocycles. The SMILES string of the molecule is O=CC1Nc2ncnc(Cl)c2N1Cc1ccccc1. The Morgan fingerprint density at radius 2 is 2.11 bits per heavy atom. The first-order valence-electron chi connectivity index (χ1n) is 5.82. The van der Waals surface area contributed by atoms with Crippen molar-refractivity contribution >= 4 is 29.4 Å². The van der Waals surface area contributed by atoms with Gasteiger partial charge in [0, 0.05) is 6.54 Å². The molecule has 1 atom stereocenters. The van der Waals surface area contributed by atoms with Crippen LogP contribution < -0.4 is 10.2 Å². The molecule has 1 aliphatic heterocycles. The van der Waals surface area contributed by atoms with Gasteiger partial charge in [0.1, 0.15) is 12.0 Å². The molecular weight excluding hydrogens is 264 g/mol. The largest absolute Gasteiger partial charge is 0.342 e. The maximum Gasteiger partial charge on any atom is 0.162 e. The fraction of sp³-hybridized carbons (Fsp3) is 0.154. The number of halogens is 1. The molecule has 2 heterocycles. The molecule has 0 amide bonds. The van der Waals surface area contributed by atoms with Crippen molar-refractivity contribution in [3.63, 3.8) is 0 Å². The molecule has 19 heavy (non-hydrogen) atoms. The van der Waals surface area contributed by atoms with E-state index >= 15 is 0 Å². The number of carbonyl (C=O) groups excluding carboxylic acids is 1. The average molecular weight is 275 g/mol. The second-order valence-electron chi connectivity index (χ2n) is 4.20. The number of benzene rings is 1. The monoisotopic (exact) mass is 274 g/mol. The molecule has 1 unspecified atom stereocenters. The van der Waals surface area contributed by atoms with E-state index in [2.05, 4.69) is 15.3 Å². The molecule has 0 radical (unpaired) electrons. The lowest BCUT2D eigenvalue weighted by Crippen LogP contribution is -2.36. The van der Waals surface area contributed by atoms with Crippen molar-refractivity contribution in [3.8, 4) is 0 Å². The van der Waals surface area contributed by atoms with Gasteiger partial charge in [-0.15, -0.1) is 0 Å². The molecule has 5 nitrogen and oxygen atoms in total. The summed E-state index contributed by atoms with van der Waals surface area (Å²) in [6.45, 7) is 0.567. The summed E-state index contributed by atoms with van der Waals surface area (Å²) in [5.41, 5.74) is 1.76. The summed E-state index contributed by atoms with van der Waals surface area (Å²) in [5, 5.41) is 3.36. The summed E-state index contributed by atoms with van der Waals surface area (Å²) in [7, 11) is 0. The Morgan fingerprint density at radius 1 is 1.32 bits per heavy atom. The predicted octanol–water partition coefficient (Wildman–Crippen LogP) is 2.09. The van der Waals surface area contributed by atoms with Crippen molar-refractivity contribution < 1.29 is 4.79 Å². The number of hydrogen-bond acceptors (Lipinski definition) is 5. The van der Waals surface area contributed by atoms with Gasteiger partial charge in [0.15, 0.2) is 23.4 Å². The average Bonchev–Trinajstić information content (AvgIpc) is 2.79. The van der Waals surface area contributed by atoms with Crippen LogP contribution in [0.4, 0.5) is 11.5 Å². The Labute approximate surface area is 115 Å². The van der Waals surface area contributed by atoms with E-state index in [-0.39, 0.29) is 0 Å². The van der Waals surface area contributed by atoms with E-state index in [0.717, 1.165) is 11.8 Å². The van der Waals surface area contributed by atoms with Crippen molar-refractivity contribution in [2.75, 3.05) is 10.2 Å². The van der Waals surface area contributed by atoms with Gasteiger partial charge in [0.25, 0.3) is 0 Å². The Balaban J connectivity index is 1.98. The lowest BCUT2D eigenvalue weighted by Gasteiger charge is -2.22. The van der Waals surface area contributed by atoms with Gasteiger partial charge in [-0.3, -0.25) is 4.79 Å². The molecule has 2 aromatic rings. The van der Waals surface area contributed by atoms with Crippen LogP contribution in [0.1, 0.15) is 5.56 Å². The number of aldehydes is 1. The van der Waals surface area contributed by atoms with Crippen LogP contribution in [0.25, 0.3) is 0 Å². The quantitative estimate of drug-likeness (QED) is 0.686. The van der Waals surface area contributed by atoms with Gasteiger partial charge in [-0.25, -0.2) is 9.97 Å². The highest BCUT2D eigenvalue weighted by molar-refractivity contribution is 6.32. The maximum atomic E-state index is 11.2. The molecule has 96 valence electrons. The van der Waals surface area contributed by atoms with Crippen LogP contribution in [0.5, 0.6) is 0 Å². The summed E-state index contributed by atoms with van der Waals surface area (Å²) in [6, 6.07) is 9.86. The van der Waals surface area contributed by atoms with E-state index < -0.39 is 6.17 Å². The molecule has 1 aromatic carbocycles. The Morgan fingerprint density at radius 3 is 2.84 bits per heavy atom. The van der Waals surface area contributed by atoms with E-state index in [4.69, 9.17) is 11.6 Å². The number of hydrogen-bond donors (Lipinski definition) is 1. The smallest absolute Gasteiger partial charge is 0.162 e. The number of nitrogens with one attached hydrogen (secondary N) is 1. The standard InChI is InChI=1S/C13H11ClN4O/c14-12-11-13(16-8-15-12)17-10(7-19)18(11)6-9-4-2-1-3-5-9/h1-5,7-8,10H,6H2,(H,15,16,17). The van der Waals surface area contributed by atoms with Gasteiger partial charge in [0.2, 0.25) is 0 Å². The number of fused-ring (bicyclic) bond motifs is 1. The number of rotatable bonds is 3. The van der Waals surface area contributed by atoms with Crippen LogP contribution in [-0.2, 0) is 11.3 Å². The minimum Gasteiger partial charge on any atom is -0.342 e. The Bertz CT molecular complexity index is 605. The summed E-state index contributed by atoms with van der Waals surface area (Å²) in [4.78, 5) is 21.1. The molecule has 1 aromatic heterocycles. The van der Waals surface area contributed by atoms with E-state index in [1.54, 1.807) is 0 Å². The van der Waals surface area contributed by atoms with Crippen LogP contribution in [-0.4, -0.2) is 22.4 Å². The van der Waals surface area contributed by atoms with Gasteiger partial charge >= 0.3 is 0 Å². The zero-order valence-electron chi connectivity index (χ0n) is 9.95. The fourth-order valence-corrected chi connectivity index (χ4v) is 2.38. The predicted molar refractivity (Wildman–Crippen MR) is 73.1 cm³/mol. The number of aromatic nitrogens is 2. The first-order valence-corrected chi connectivity index (χ1v) is 6.20. The van der Waals surface area contributed by atoms with Crippen LogP contribution in [0.15, 0.2) is 36.7 Å². The maximum absolute atomic E-state index is 11.2. The van der Waals surface area contributed by atoms with Crippen molar-refractivity contribution in [1.29, 1.82) is 0 Å². The van der Waals surface area contributed by atoms with Crippen molar-refractivity contribution in [2.45, 2.75) is 12.7 Å². The van der Waals surface area contributed by atoms with Crippen molar-refractivity contribution in [2.24, 2.45) is 0 Å². The fourth-order valence-electron chi connectivity index (χ4n) is 2.14. The third-order valence-corrected chi connectivity index (χ3v) is 3.29. The van der Waals surface area contributed by atoms with Gasteiger partial charge in [0.05, 0.1) is 0 Å². The minimum atomic E-state index is -0.468. The Hall–Kier alpha value is -2.14. The van der Waals surface area contributed by atoms with Crippen LogP contribution >= 0.6 is 11.6 Å². The summed E-state index contributed by atoms with van der Waals surface area (Å²) in [5.74, 6) is 0.591. The molecule has 0 spiro atoms. The third kappa shape index (κ3) is 2.13. The molecule has 6 heteroatoms. The third-order valence-electron chi connectivity index (χ3n) is 3.01. The first-order chi connectivity index (χ1) is 9.29. The molecule has 0 saturated carbocycles. The van der Waals surface area contributed by atoms with E-state index in [9.17, 15) is 4.79 Å². The lowest BCUT2D eigenvalue weighted by atomic mass is 10.2. The molecule has 1 N–H and O–H groups in total. The highest BCUT2D eigenvalue weighted by atomic mass is 35.5. The van der Waals surface area contributed by atoms with Gasteiger partial charge in [-0.1, -0.05) is 41.9 Å². The van der Waals surface area contributed by atoms with Crippen LogP contribution in [0, 0.1) is 0 Å². The number of carbonyl (C=O) groups is 1. The number of nitrogens with zero attached hydrogens (tertiary/aromatic N) is 3. The summed E-state index contributed by atoms with van der Waals surface area (Å²) >= 11 is 6.10. The van der Waals surface area contributed by atoms with Crippen LogP contribution in [0.2, 0.25) is 5.15 Å². The second-order valence-corrected chi connectivity index (χ2v) is 4.56. The highest BCUT2D eigenvalue weighted by Crippen LogP contribution is 2.37. The van der Waals surface area contributed by atoms with E-state index in [1.807, 2.05) is 35.2 Å². The summed E-state index contributed by atoms with van der Waals surface area (Å²) < 4.78 is 0. The van der Waals surface area contributed by atoms with Gasteiger partial charge < -0.3 is 10.2 Å². The van der Waals surface area contributed by atoms with Gasteiger partial charge in [-0.05, 0) is 5.56 Å². The zero-order valence-corrected chi connectivity index (χ0v) is 10.7.